The van der Waals surface area contributed by atoms with Gasteiger partial charge in [-0.3, -0.25) is 14.5 Å². The predicted molar refractivity (Wildman–Crippen MR) is 110 cm³/mol. The van der Waals surface area contributed by atoms with Gasteiger partial charge in [0.15, 0.2) is 0 Å². The van der Waals surface area contributed by atoms with E-state index in [1.54, 1.807) is 6.92 Å². The zero-order chi connectivity index (χ0) is 20.2. The van der Waals surface area contributed by atoms with Gasteiger partial charge in [0, 0.05) is 57.2 Å². The van der Waals surface area contributed by atoms with Crippen LogP contribution in [0.3, 0.4) is 0 Å². The first-order valence-electron chi connectivity index (χ1n) is 11.2. The number of fused-ring (bicyclic) bond motifs is 1. The summed E-state index contributed by atoms with van der Waals surface area (Å²) in [4.78, 5) is 40.2. The van der Waals surface area contributed by atoms with E-state index in [1.165, 1.54) is 25.7 Å². The Kier molecular flexibility index (Phi) is 6.43. The Balaban J connectivity index is 1.38. The van der Waals surface area contributed by atoms with Crippen molar-refractivity contribution in [3.05, 3.63) is 23.3 Å². The molecule has 4 rings (SSSR count). The van der Waals surface area contributed by atoms with Crippen molar-refractivity contribution >= 4 is 11.8 Å². The van der Waals surface area contributed by atoms with Gasteiger partial charge in [-0.1, -0.05) is 12.8 Å². The van der Waals surface area contributed by atoms with Crippen LogP contribution in [0.1, 0.15) is 68.4 Å². The fourth-order valence-electron chi connectivity index (χ4n) is 4.80. The second kappa shape index (κ2) is 9.20. The summed E-state index contributed by atoms with van der Waals surface area (Å²) in [6.45, 7) is 7.17. The molecular formula is C22H33N5O2. The molecule has 4 heterocycles. The van der Waals surface area contributed by atoms with Crippen LogP contribution in [0.2, 0.25) is 0 Å². The van der Waals surface area contributed by atoms with E-state index in [0.717, 1.165) is 69.1 Å². The molecule has 7 nitrogen and oxygen atoms in total. The molecule has 29 heavy (non-hydrogen) atoms. The van der Waals surface area contributed by atoms with Crippen molar-refractivity contribution in [2.45, 2.75) is 64.3 Å². The second-order valence-electron chi connectivity index (χ2n) is 8.76. The Labute approximate surface area is 173 Å². The molecule has 0 spiro atoms. The minimum absolute atomic E-state index is 0.102. The van der Waals surface area contributed by atoms with Crippen molar-refractivity contribution in [1.82, 2.24) is 24.7 Å². The average Bonchev–Trinajstić information content (AvgIpc) is 3.01. The second-order valence-corrected chi connectivity index (χ2v) is 8.76. The highest BCUT2D eigenvalue weighted by atomic mass is 16.2. The fourth-order valence-corrected chi connectivity index (χ4v) is 4.80. The normalized spacial score (nSPS) is 23.4. The van der Waals surface area contributed by atoms with Crippen molar-refractivity contribution in [1.29, 1.82) is 0 Å². The van der Waals surface area contributed by atoms with Gasteiger partial charge in [-0.2, -0.15) is 0 Å². The molecule has 0 radical (unpaired) electrons. The molecule has 2 amide bonds. The maximum absolute atomic E-state index is 12.9. The highest BCUT2D eigenvalue weighted by Crippen LogP contribution is 2.26. The van der Waals surface area contributed by atoms with E-state index in [2.05, 4.69) is 9.88 Å². The number of likely N-dealkylation sites (tertiary alicyclic amines) is 2. The zero-order valence-electron chi connectivity index (χ0n) is 17.6. The summed E-state index contributed by atoms with van der Waals surface area (Å²) in [5, 5.41) is 0. The first kappa shape index (κ1) is 20.3. The minimum atomic E-state index is 0.102. The van der Waals surface area contributed by atoms with Gasteiger partial charge in [0.1, 0.15) is 5.82 Å². The highest BCUT2D eigenvalue weighted by Gasteiger charge is 2.29. The Morgan fingerprint density at radius 1 is 1.03 bits per heavy atom. The van der Waals surface area contributed by atoms with Gasteiger partial charge in [-0.25, -0.2) is 9.97 Å². The Hall–Kier alpha value is -2.02. The van der Waals surface area contributed by atoms with E-state index < -0.39 is 0 Å². The van der Waals surface area contributed by atoms with Crippen LogP contribution in [0.5, 0.6) is 0 Å². The van der Waals surface area contributed by atoms with Crippen LogP contribution in [0.15, 0.2) is 6.20 Å². The molecule has 0 N–H and O–H groups in total. The van der Waals surface area contributed by atoms with Gasteiger partial charge >= 0.3 is 0 Å². The average molecular weight is 400 g/mol. The predicted octanol–water partition coefficient (Wildman–Crippen LogP) is 1.96. The molecule has 0 aliphatic carbocycles. The number of amides is 2. The lowest BCUT2D eigenvalue weighted by Gasteiger charge is -2.34. The number of nitrogens with zero attached hydrogens (tertiary/aromatic N) is 5. The number of carbonyl (C=O) groups excluding carboxylic acids is 2. The van der Waals surface area contributed by atoms with Crippen molar-refractivity contribution in [2.24, 2.45) is 0 Å². The Morgan fingerprint density at radius 3 is 2.59 bits per heavy atom. The summed E-state index contributed by atoms with van der Waals surface area (Å²) >= 11 is 0. The summed E-state index contributed by atoms with van der Waals surface area (Å²) < 4.78 is 0. The van der Waals surface area contributed by atoms with Crippen molar-refractivity contribution in [3.63, 3.8) is 0 Å². The number of hydrogen-bond acceptors (Lipinski definition) is 5. The van der Waals surface area contributed by atoms with Gasteiger partial charge in [-0.05, 0) is 38.8 Å². The minimum Gasteiger partial charge on any atom is -0.341 e. The zero-order valence-corrected chi connectivity index (χ0v) is 17.6. The van der Waals surface area contributed by atoms with E-state index in [4.69, 9.17) is 4.98 Å². The maximum Gasteiger partial charge on any atom is 0.236 e. The monoisotopic (exact) mass is 399 g/mol. The van der Waals surface area contributed by atoms with E-state index >= 15 is 0 Å². The van der Waals surface area contributed by atoms with Crippen molar-refractivity contribution in [3.8, 4) is 0 Å². The molecular weight excluding hydrogens is 366 g/mol. The molecule has 2 saturated heterocycles. The molecule has 2 fully saturated rings. The van der Waals surface area contributed by atoms with E-state index in [9.17, 15) is 9.59 Å². The fraction of sp³-hybridized carbons (Fsp3) is 0.727. The Morgan fingerprint density at radius 2 is 1.83 bits per heavy atom. The van der Waals surface area contributed by atoms with Crippen LogP contribution in [0.4, 0.5) is 0 Å². The van der Waals surface area contributed by atoms with Crippen LogP contribution in [0, 0.1) is 0 Å². The number of rotatable bonds is 3. The van der Waals surface area contributed by atoms with Gasteiger partial charge in [-0.15, -0.1) is 0 Å². The molecule has 0 aromatic carbocycles. The summed E-state index contributed by atoms with van der Waals surface area (Å²) in [6, 6.07) is 0. The third kappa shape index (κ3) is 4.94. The summed E-state index contributed by atoms with van der Waals surface area (Å²) in [5.74, 6) is 1.44. The molecule has 0 unspecified atom stereocenters. The first-order valence-corrected chi connectivity index (χ1v) is 11.2. The SMILES string of the molecule is CC(=O)N1CCc2nc([C@@H]3CCCN(C(=O)CN4CCCCCC4)C3)ncc2C1. The molecule has 0 saturated carbocycles. The smallest absolute Gasteiger partial charge is 0.236 e. The third-order valence-corrected chi connectivity index (χ3v) is 6.59. The van der Waals surface area contributed by atoms with Gasteiger partial charge < -0.3 is 9.80 Å². The molecule has 1 atom stereocenters. The van der Waals surface area contributed by atoms with Crippen LogP contribution in [-0.4, -0.2) is 75.8 Å². The molecule has 158 valence electrons. The molecule has 3 aliphatic heterocycles. The summed E-state index contributed by atoms with van der Waals surface area (Å²) in [5.41, 5.74) is 2.13. The lowest BCUT2D eigenvalue weighted by Crippen LogP contribution is -2.45. The first-order chi connectivity index (χ1) is 14.1. The third-order valence-electron chi connectivity index (χ3n) is 6.59. The van der Waals surface area contributed by atoms with Crippen LogP contribution in [-0.2, 0) is 22.6 Å². The lowest BCUT2D eigenvalue weighted by atomic mass is 9.96. The standard InChI is InChI=1S/C22H33N5O2/c1-17(28)26-12-8-20-19(15-26)13-23-22(24-20)18-7-6-11-27(14-18)21(29)16-25-9-4-2-3-5-10-25/h13,18H,2-12,14-16H2,1H3/t18-/m1/s1. The van der Waals surface area contributed by atoms with Crippen molar-refractivity contribution < 1.29 is 9.59 Å². The summed E-state index contributed by atoms with van der Waals surface area (Å²) in [7, 11) is 0. The largest absolute Gasteiger partial charge is 0.341 e. The maximum atomic E-state index is 12.9. The molecule has 3 aliphatic rings. The van der Waals surface area contributed by atoms with Gasteiger partial charge in [0.2, 0.25) is 11.8 Å². The number of carbonyl (C=O) groups is 2. The number of piperidine rings is 1. The topological polar surface area (TPSA) is 69.6 Å². The van der Waals surface area contributed by atoms with Crippen molar-refractivity contribution in [2.75, 3.05) is 39.3 Å². The van der Waals surface area contributed by atoms with Crippen LogP contribution in [0.25, 0.3) is 0 Å². The number of aromatic nitrogens is 2. The van der Waals surface area contributed by atoms with E-state index in [1.807, 2.05) is 16.0 Å². The van der Waals surface area contributed by atoms with Crippen LogP contribution < -0.4 is 0 Å². The van der Waals surface area contributed by atoms with Gasteiger partial charge in [0.05, 0.1) is 12.2 Å². The molecule has 7 heteroatoms. The van der Waals surface area contributed by atoms with E-state index in [-0.39, 0.29) is 17.7 Å². The van der Waals surface area contributed by atoms with Gasteiger partial charge in [0.25, 0.3) is 0 Å². The number of hydrogen-bond donors (Lipinski definition) is 0. The van der Waals surface area contributed by atoms with Crippen LogP contribution >= 0.6 is 0 Å². The quantitative estimate of drug-likeness (QED) is 0.777. The summed E-state index contributed by atoms with van der Waals surface area (Å²) in [6.07, 6.45) is 9.72. The molecule has 1 aromatic heterocycles. The molecule has 0 bridgehead atoms. The lowest BCUT2D eigenvalue weighted by molar-refractivity contribution is -0.133. The highest BCUT2D eigenvalue weighted by molar-refractivity contribution is 5.78. The van der Waals surface area contributed by atoms with E-state index in [0.29, 0.717) is 13.1 Å². The molecule has 1 aromatic rings. The Bertz CT molecular complexity index is 745.